The first-order chi connectivity index (χ1) is 6.95. The summed E-state index contributed by atoms with van der Waals surface area (Å²) < 4.78 is 0. The molecule has 0 aromatic heterocycles. The molecule has 0 saturated heterocycles. The molecule has 0 N–H and O–H groups in total. The Hall–Kier alpha value is 0. The lowest BCUT2D eigenvalue weighted by atomic mass is 9.58. The monoisotopic (exact) mass is 192 g/mol. The second-order valence-corrected chi connectivity index (χ2v) is 5.99. The summed E-state index contributed by atoms with van der Waals surface area (Å²) in [5.41, 5.74) is 0. The van der Waals surface area contributed by atoms with Gasteiger partial charge >= 0.3 is 0 Å². The van der Waals surface area contributed by atoms with Crippen molar-refractivity contribution in [3.8, 4) is 0 Å². The Balaban J connectivity index is 1.74. The summed E-state index contributed by atoms with van der Waals surface area (Å²) in [6, 6.07) is 0. The van der Waals surface area contributed by atoms with Gasteiger partial charge in [0, 0.05) is 0 Å². The molecule has 0 spiro atoms. The van der Waals surface area contributed by atoms with Crippen LogP contribution in [0.15, 0.2) is 0 Å². The van der Waals surface area contributed by atoms with Gasteiger partial charge in [0.25, 0.3) is 0 Å². The summed E-state index contributed by atoms with van der Waals surface area (Å²) in [6.45, 7) is 0. The summed E-state index contributed by atoms with van der Waals surface area (Å²) in [7, 11) is 0. The predicted octanol–water partition coefficient (Wildman–Crippen LogP) is 4.39. The Labute approximate surface area is 88.5 Å². The number of fused-ring (bicyclic) bond motifs is 3. The van der Waals surface area contributed by atoms with Gasteiger partial charge in [-0.2, -0.15) is 0 Å². The zero-order valence-corrected chi connectivity index (χ0v) is 9.38. The molecule has 0 aliphatic heterocycles. The molecule has 4 atom stereocenters. The van der Waals surface area contributed by atoms with Gasteiger partial charge in [0.2, 0.25) is 0 Å². The molecular formula is C14H24. The maximum atomic E-state index is 1.59. The average molecular weight is 192 g/mol. The van der Waals surface area contributed by atoms with Crippen LogP contribution in [0.1, 0.15) is 64.2 Å². The zero-order chi connectivity index (χ0) is 9.38. The first-order valence-electron chi connectivity index (χ1n) is 6.95. The zero-order valence-electron chi connectivity index (χ0n) is 9.38. The average Bonchev–Trinajstić information content (AvgIpc) is 2.29. The Kier molecular flexibility index (Phi) is 2.55. The molecule has 80 valence electrons. The van der Waals surface area contributed by atoms with E-state index in [0.29, 0.717) is 0 Å². The Morgan fingerprint density at radius 2 is 0.857 bits per heavy atom. The van der Waals surface area contributed by atoms with Gasteiger partial charge in [-0.1, -0.05) is 38.5 Å². The van der Waals surface area contributed by atoms with E-state index in [-0.39, 0.29) is 0 Å². The van der Waals surface area contributed by atoms with Crippen LogP contribution in [0.25, 0.3) is 0 Å². The number of hydrogen-bond donors (Lipinski definition) is 0. The molecule has 3 saturated carbocycles. The summed E-state index contributed by atoms with van der Waals surface area (Å²) in [5, 5.41) is 0. The van der Waals surface area contributed by atoms with Gasteiger partial charge in [-0.05, 0) is 49.4 Å². The molecule has 14 heavy (non-hydrogen) atoms. The van der Waals surface area contributed by atoms with Gasteiger partial charge in [-0.3, -0.25) is 0 Å². The highest BCUT2D eigenvalue weighted by atomic mass is 14.5. The lowest BCUT2D eigenvalue weighted by Crippen LogP contribution is -2.38. The van der Waals surface area contributed by atoms with Crippen molar-refractivity contribution in [3.05, 3.63) is 0 Å². The van der Waals surface area contributed by atoms with E-state index < -0.39 is 0 Å². The van der Waals surface area contributed by atoms with Gasteiger partial charge in [0.15, 0.2) is 0 Å². The number of rotatable bonds is 0. The van der Waals surface area contributed by atoms with Crippen molar-refractivity contribution in [2.24, 2.45) is 23.7 Å². The quantitative estimate of drug-likeness (QED) is 0.534. The number of hydrogen-bond acceptors (Lipinski definition) is 0. The molecule has 0 heterocycles. The first-order valence-corrected chi connectivity index (χ1v) is 6.95. The van der Waals surface area contributed by atoms with Crippen molar-refractivity contribution in [2.45, 2.75) is 64.2 Å². The molecule has 3 fully saturated rings. The van der Waals surface area contributed by atoms with Crippen molar-refractivity contribution in [3.63, 3.8) is 0 Å². The lowest BCUT2D eigenvalue weighted by Gasteiger charge is -2.48. The second kappa shape index (κ2) is 3.87. The highest BCUT2D eigenvalue weighted by Gasteiger charge is 2.40. The van der Waals surface area contributed by atoms with E-state index in [4.69, 9.17) is 0 Å². The Bertz CT molecular complexity index is 174. The van der Waals surface area contributed by atoms with E-state index in [1.165, 1.54) is 11.8 Å². The smallest absolute Gasteiger partial charge is 0.0355 e. The summed E-state index contributed by atoms with van der Waals surface area (Å²) >= 11 is 0. The largest absolute Gasteiger partial charge is 0.0530 e. The molecule has 3 aliphatic rings. The third-order valence-electron chi connectivity index (χ3n) is 5.39. The van der Waals surface area contributed by atoms with Crippen LogP contribution in [-0.4, -0.2) is 0 Å². The van der Waals surface area contributed by atoms with Crippen molar-refractivity contribution in [2.75, 3.05) is 0 Å². The molecule has 0 radical (unpaired) electrons. The van der Waals surface area contributed by atoms with E-state index >= 15 is 0 Å². The van der Waals surface area contributed by atoms with Crippen molar-refractivity contribution < 1.29 is 0 Å². The Morgan fingerprint density at radius 3 is 1.36 bits per heavy atom. The summed E-state index contributed by atoms with van der Waals surface area (Å²) in [6.07, 6.45) is 15.7. The van der Waals surface area contributed by atoms with Gasteiger partial charge in [-0.15, -0.1) is 0 Å². The van der Waals surface area contributed by atoms with Crippen molar-refractivity contribution >= 4 is 0 Å². The molecule has 0 unspecified atom stereocenters. The predicted molar refractivity (Wildman–Crippen MR) is 60.1 cm³/mol. The SMILES string of the molecule is C1CC[C@@H]2[C@H](C1)CC[C@@H]1CCCC[C@H]12. The van der Waals surface area contributed by atoms with Crippen LogP contribution in [0.5, 0.6) is 0 Å². The third kappa shape index (κ3) is 1.51. The van der Waals surface area contributed by atoms with E-state index in [1.54, 1.807) is 64.2 Å². The van der Waals surface area contributed by atoms with Crippen LogP contribution in [0.3, 0.4) is 0 Å². The first kappa shape index (κ1) is 9.24. The highest BCUT2D eigenvalue weighted by molar-refractivity contribution is 4.91. The molecule has 3 rings (SSSR count). The van der Waals surface area contributed by atoms with E-state index in [9.17, 15) is 0 Å². The maximum absolute atomic E-state index is 1.59. The van der Waals surface area contributed by atoms with Crippen LogP contribution in [-0.2, 0) is 0 Å². The molecule has 3 aliphatic carbocycles. The minimum atomic E-state index is 1.16. The molecule has 0 bridgehead atoms. The lowest BCUT2D eigenvalue weighted by molar-refractivity contribution is 0.0278. The molecule has 0 heteroatoms. The Morgan fingerprint density at radius 1 is 0.429 bits per heavy atom. The fourth-order valence-corrected chi connectivity index (χ4v) is 4.74. The second-order valence-electron chi connectivity index (χ2n) is 5.99. The molecule has 0 nitrogen and oxygen atoms in total. The topological polar surface area (TPSA) is 0 Å². The standard InChI is InChI=1S/C14H24/c1-3-7-13-11(5-1)9-10-12-6-2-4-8-14(12)13/h11-14H,1-10H2/t11-,12+,13-,14-/m1/s1. The third-order valence-corrected chi connectivity index (χ3v) is 5.39. The van der Waals surface area contributed by atoms with E-state index in [2.05, 4.69) is 0 Å². The highest BCUT2D eigenvalue weighted by Crippen LogP contribution is 2.51. The normalized spacial score (nSPS) is 48.0. The maximum Gasteiger partial charge on any atom is -0.0355 e. The van der Waals surface area contributed by atoms with Gasteiger partial charge in [0.1, 0.15) is 0 Å². The van der Waals surface area contributed by atoms with Gasteiger partial charge in [-0.25, -0.2) is 0 Å². The van der Waals surface area contributed by atoms with Crippen LogP contribution >= 0.6 is 0 Å². The van der Waals surface area contributed by atoms with Crippen LogP contribution in [0.2, 0.25) is 0 Å². The fraction of sp³-hybridized carbons (Fsp3) is 1.00. The summed E-state index contributed by atoms with van der Waals surface area (Å²) in [4.78, 5) is 0. The minimum absolute atomic E-state index is 1.16. The van der Waals surface area contributed by atoms with Crippen LogP contribution in [0.4, 0.5) is 0 Å². The molecular weight excluding hydrogens is 168 g/mol. The van der Waals surface area contributed by atoms with E-state index in [0.717, 1.165) is 11.8 Å². The van der Waals surface area contributed by atoms with Crippen LogP contribution < -0.4 is 0 Å². The fourth-order valence-electron chi connectivity index (χ4n) is 4.74. The van der Waals surface area contributed by atoms with Gasteiger partial charge < -0.3 is 0 Å². The van der Waals surface area contributed by atoms with E-state index in [1.807, 2.05) is 0 Å². The minimum Gasteiger partial charge on any atom is -0.0530 e. The molecule has 0 aromatic carbocycles. The summed E-state index contributed by atoms with van der Waals surface area (Å²) in [5.74, 6) is 4.65. The molecule has 0 amide bonds. The van der Waals surface area contributed by atoms with Gasteiger partial charge in [0.05, 0.1) is 0 Å². The van der Waals surface area contributed by atoms with Crippen molar-refractivity contribution in [1.29, 1.82) is 0 Å². The molecule has 0 aromatic rings. The van der Waals surface area contributed by atoms with Crippen LogP contribution in [0, 0.1) is 23.7 Å². The van der Waals surface area contributed by atoms with Crippen molar-refractivity contribution in [1.82, 2.24) is 0 Å².